The Morgan fingerprint density at radius 2 is 1.63 bits per heavy atom. The molecule has 140 valence electrons. The monoisotopic (exact) mass is 389 g/mol. The Kier molecular flexibility index (Phi) is 4.90. The Labute approximate surface area is 152 Å². The fraction of sp³-hybridized carbons (Fsp3) is 0.0625. The molecule has 0 fully saturated rings. The maximum atomic E-state index is 11.8. The first-order valence-corrected chi connectivity index (χ1v) is 9.01. The molecule has 2 heterocycles. The average molecular weight is 389 g/mol. The number of nitrogens with one attached hydrogen (secondary N) is 2. The summed E-state index contributed by atoms with van der Waals surface area (Å²) in [4.78, 5) is 11.8. The molecule has 0 unspecified atom stereocenters. The van der Waals surface area contributed by atoms with Gasteiger partial charge in [0, 0.05) is 17.2 Å². The highest BCUT2D eigenvalue weighted by Gasteiger charge is 2.08. The zero-order valence-electron chi connectivity index (χ0n) is 13.7. The Hall–Kier alpha value is -3.28. The number of hydrogen-bond donors (Lipinski definition) is 5. The van der Waals surface area contributed by atoms with Crippen LogP contribution in [0.15, 0.2) is 47.3 Å². The molecule has 0 atom stereocenters. The van der Waals surface area contributed by atoms with Crippen molar-refractivity contribution in [3.8, 4) is 0 Å². The van der Waals surface area contributed by atoms with Crippen LogP contribution in [-0.2, 0) is 16.8 Å². The van der Waals surface area contributed by atoms with Gasteiger partial charge < -0.3 is 5.73 Å². The number of aromatic nitrogens is 4. The number of hydrogen-bond acceptors (Lipinski definition) is 6. The van der Waals surface area contributed by atoms with Gasteiger partial charge in [0.05, 0.1) is 16.6 Å². The first-order chi connectivity index (χ1) is 12.7. The summed E-state index contributed by atoms with van der Waals surface area (Å²) in [5.41, 5.74) is 8.47. The van der Waals surface area contributed by atoms with Crippen molar-refractivity contribution in [2.24, 2.45) is 0 Å². The third kappa shape index (κ3) is 4.47. The Bertz CT molecular complexity index is 1270. The lowest BCUT2D eigenvalue weighted by molar-refractivity contribution is 0.381. The lowest BCUT2D eigenvalue weighted by atomic mass is 10.0. The minimum absolute atomic E-state index is 0.172. The number of anilines is 1. The number of fused-ring (bicyclic) bond motifs is 2. The SMILES string of the molecule is Nc1n[nH]c2ccc(Cc3n[nH]c(=O)c4ccccc34)cc12.O=S(=O)(O)O. The highest BCUT2D eigenvalue weighted by Crippen LogP contribution is 2.22. The van der Waals surface area contributed by atoms with E-state index in [9.17, 15) is 4.79 Å². The largest absolute Gasteiger partial charge is 0.394 e. The standard InChI is InChI=1S/C16H13N5O.H2O4S/c17-15-12-7-9(5-6-13(12)18-20-15)8-14-10-3-1-2-4-11(10)16(22)21-19-14;1-5(2,3)4/h1-7H,8H2,(H,21,22)(H3,17,18,20);(H2,1,2,3,4). The van der Waals surface area contributed by atoms with Crippen molar-refractivity contribution >= 4 is 37.9 Å². The van der Waals surface area contributed by atoms with Crippen LogP contribution in [0.4, 0.5) is 5.82 Å². The Morgan fingerprint density at radius 1 is 0.963 bits per heavy atom. The Balaban J connectivity index is 0.000000376. The number of H-pyrrole nitrogens is 2. The molecule has 0 aliphatic rings. The number of nitrogen functional groups attached to an aromatic ring is 1. The summed E-state index contributed by atoms with van der Waals surface area (Å²) < 4.78 is 31.6. The minimum atomic E-state index is -4.67. The normalized spacial score (nSPS) is 11.3. The van der Waals surface area contributed by atoms with Crippen molar-refractivity contribution in [2.75, 3.05) is 5.73 Å². The average Bonchev–Trinajstić information content (AvgIpc) is 2.97. The molecule has 2 aromatic heterocycles. The number of aromatic amines is 2. The highest BCUT2D eigenvalue weighted by molar-refractivity contribution is 7.79. The fourth-order valence-electron chi connectivity index (χ4n) is 2.69. The van der Waals surface area contributed by atoms with Crippen LogP contribution in [0.25, 0.3) is 21.7 Å². The van der Waals surface area contributed by atoms with Crippen molar-refractivity contribution < 1.29 is 17.5 Å². The van der Waals surface area contributed by atoms with Gasteiger partial charge >= 0.3 is 10.4 Å². The summed E-state index contributed by atoms with van der Waals surface area (Å²) in [6, 6.07) is 13.4. The van der Waals surface area contributed by atoms with E-state index < -0.39 is 10.4 Å². The van der Waals surface area contributed by atoms with Crippen LogP contribution in [0, 0.1) is 0 Å². The molecule has 27 heavy (non-hydrogen) atoms. The predicted molar refractivity (Wildman–Crippen MR) is 99.9 cm³/mol. The van der Waals surface area contributed by atoms with E-state index in [0.717, 1.165) is 27.5 Å². The van der Waals surface area contributed by atoms with Crippen LogP contribution in [0.3, 0.4) is 0 Å². The molecule has 0 saturated carbocycles. The number of nitrogens with zero attached hydrogens (tertiary/aromatic N) is 2. The molecule has 0 saturated heterocycles. The van der Waals surface area contributed by atoms with Crippen molar-refractivity contribution in [1.29, 1.82) is 0 Å². The summed E-state index contributed by atoms with van der Waals surface area (Å²) >= 11 is 0. The molecule has 0 aliphatic carbocycles. The van der Waals surface area contributed by atoms with Gasteiger partial charge in [0.1, 0.15) is 0 Å². The zero-order chi connectivity index (χ0) is 19.6. The molecule has 0 spiro atoms. The van der Waals surface area contributed by atoms with Gasteiger partial charge in [0.2, 0.25) is 0 Å². The van der Waals surface area contributed by atoms with E-state index in [1.807, 2.05) is 36.4 Å². The molecular weight excluding hydrogens is 374 g/mol. The molecule has 2 aromatic carbocycles. The topological polar surface area (TPSA) is 175 Å². The van der Waals surface area contributed by atoms with Gasteiger partial charge in [-0.15, -0.1) is 0 Å². The van der Waals surface area contributed by atoms with Crippen molar-refractivity contribution in [3.05, 3.63) is 64.1 Å². The van der Waals surface area contributed by atoms with Crippen LogP contribution >= 0.6 is 0 Å². The maximum Gasteiger partial charge on any atom is 0.394 e. The molecule has 6 N–H and O–H groups in total. The van der Waals surface area contributed by atoms with E-state index >= 15 is 0 Å². The van der Waals surface area contributed by atoms with Gasteiger partial charge in [-0.05, 0) is 23.8 Å². The summed E-state index contributed by atoms with van der Waals surface area (Å²) in [6.45, 7) is 0. The minimum Gasteiger partial charge on any atom is -0.382 e. The molecule has 4 rings (SSSR count). The maximum absolute atomic E-state index is 11.8. The molecule has 0 radical (unpaired) electrons. The van der Waals surface area contributed by atoms with E-state index in [0.29, 0.717) is 17.6 Å². The molecule has 0 amide bonds. The summed E-state index contributed by atoms with van der Waals surface area (Å²) in [6.07, 6.45) is 0.609. The fourth-order valence-corrected chi connectivity index (χ4v) is 2.69. The molecule has 11 heteroatoms. The molecule has 4 aromatic rings. The number of nitrogens with two attached hydrogens (primary N) is 1. The van der Waals surface area contributed by atoms with Gasteiger partial charge in [-0.25, -0.2) is 5.10 Å². The summed E-state index contributed by atoms with van der Waals surface area (Å²) in [5.74, 6) is 0.483. The number of rotatable bonds is 2. The van der Waals surface area contributed by atoms with E-state index in [1.165, 1.54) is 0 Å². The Morgan fingerprint density at radius 3 is 2.33 bits per heavy atom. The molecule has 0 aliphatic heterocycles. The van der Waals surface area contributed by atoms with Gasteiger partial charge in [0.15, 0.2) is 5.82 Å². The van der Waals surface area contributed by atoms with E-state index in [-0.39, 0.29) is 5.56 Å². The molecule has 10 nitrogen and oxygen atoms in total. The lowest BCUT2D eigenvalue weighted by Crippen LogP contribution is -2.11. The molecule has 0 bridgehead atoms. The second kappa shape index (κ2) is 7.15. The van der Waals surface area contributed by atoms with Crippen LogP contribution in [-0.4, -0.2) is 37.9 Å². The second-order valence-electron chi connectivity index (χ2n) is 5.66. The van der Waals surface area contributed by atoms with Crippen LogP contribution in [0.5, 0.6) is 0 Å². The van der Waals surface area contributed by atoms with Gasteiger partial charge in [-0.2, -0.15) is 18.6 Å². The van der Waals surface area contributed by atoms with Gasteiger partial charge in [0.25, 0.3) is 5.56 Å². The zero-order valence-corrected chi connectivity index (χ0v) is 14.6. The van der Waals surface area contributed by atoms with Crippen molar-refractivity contribution in [3.63, 3.8) is 0 Å². The van der Waals surface area contributed by atoms with Gasteiger partial charge in [-0.3, -0.25) is 19.0 Å². The first kappa shape index (κ1) is 18.5. The van der Waals surface area contributed by atoms with E-state index in [4.69, 9.17) is 23.3 Å². The van der Waals surface area contributed by atoms with Crippen LogP contribution < -0.4 is 11.3 Å². The quantitative estimate of drug-likeness (QED) is 0.319. The highest BCUT2D eigenvalue weighted by atomic mass is 32.3. The number of benzene rings is 2. The predicted octanol–water partition coefficient (Wildman–Crippen LogP) is 1.32. The third-order valence-electron chi connectivity index (χ3n) is 3.80. The second-order valence-corrected chi connectivity index (χ2v) is 6.55. The van der Waals surface area contributed by atoms with E-state index in [1.54, 1.807) is 6.07 Å². The summed E-state index contributed by atoms with van der Waals surface area (Å²) in [5, 5.41) is 16.0. The first-order valence-electron chi connectivity index (χ1n) is 7.61. The van der Waals surface area contributed by atoms with Crippen LogP contribution in [0.1, 0.15) is 11.3 Å². The summed E-state index contributed by atoms with van der Waals surface area (Å²) in [7, 11) is -4.67. The smallest absolute Gasteiger partial charge is 0.382 e. The van der Waals surface area contributed by atoms with Crippen LogP contribution in [0.2, 0.25) is 0 Å². The van der Waals surface area contributed by atoms with Crippen molar-refractivity contribution in [2.45, 2.75) is 6.42 Å². The molecular formula is C16H15N5O5S. The van der Waals surface area contributed by atoms with E-state index in [2.05, 4.69) is 20.4 Å². The lowest BCUT2D eigenvalue weighted by Gasteiger charge is -2.05. The van der Waals surface area contributed by atoms with Gasteiger partial charge in [-0.1, -0.05) is 24.3 Å². The van der Waals surface area contributed by atoms with Crippen molar-refractivity contribution in [1.82, 2.24) is 20.4 Å². The third-order valence-corrected chi connectivity index (χ3v) is 3.80.